The number of thiazole rings is 1. The lowest BCUT2D eigenvalue weighted by atomic mass is 10.1. The molecule has 1 unspecified atom stereocenters. The number of aromatic nitrogens is 1. The molecular formula is C25H23N3O6S. The number of nitrogens with one attached hydrogen (secondary N) is 1. The summed E-state index contributed by atoms with van der Waals surface area (Å²) in [6.07, 6.45) is -0.599. The second-order valence-corrected chi connectivity index (χ2v) is 8.67. The highest BCUT2D eigenvalue weighted by molar-refractivity contribution is 7.14. The van der Waals surface area contributed by atoms with E-state index in [9.17, 15) is 19.2 Å². The average Bonchev–Trinajstić information content (AvgIpc) is 3.43. The number of esters is 1. The number of benzene rings is 2. The first kappa shape index (κ1) is 24.2. The number of nitrogens with zero attached hydrogens (tertiary/aromatic N) is 2. The second kappa shape index (κ2) is 10.6. The molecule has 3 amide bonds. The van der Waals surface area contributed by atoms with Crippen molar-refractivity contribution in [3.8, 4) is 11.3 Å². The largest absolute Gasteiger partial charge is 0.449 e. The number of rotatable bonds is 9. The van der Waals surface area contributed by atoms with Crippen molar-refractivity contribution < 1.29 is 28.7 Å². The number of hydrogen-bond donors (Lipinski definition) is 1. The molecule has 1 atom stereocenters. The Morgan fingerprint density at radius 3 is 2.57 bits per heavy atom. The number of methoxy groups -OCH3 is 1. The summed E-state index contributed by atoms with van der Waals surface area (Å²) in [5.41, 5.74) is 2.08. The molecule has 3 aromatic rings. The van der Waals surface area contributed by atoms with E-state index in [0.29, 0.717) is 18.2 Å². The Kier molecular flexibility index (Phi) is 7.33. The Bertz CT molecular complexity index is 1270. The van der Waals surface area contributed by atoms with Crippen LogP contribution in [0.3, 0.4) is 0 Å². The first-order valence-corrected chi connectivity index (χ1v) is 11.8. The summed E-state index contributed by atoms with van der Waals surface area (Å²) < 4.78 is 10.3. The summed E-state index contributed by atoms with van der Waals surface area (Å²) in [4.78, 5) is 55.9. The molecule has 1 aliphatic heterocycles. The molecule has 0 radical (unpaired) electrons. The fraction of sp³-hybridized carbons (Fsp3) is 0.240. The van der Waals surface area contributed by atoms with E-state index >= 15 is 0 Å². The molecule has 0 fully saturated rings. The fourth-order valence-corrected chi connectivity index (χ4v) is 4.27. The predicted octanol–water partition coefficient (Wildman–Crippen LogP) is 3.63. The Labute approximate surface area is 205 Å². The summed E-state index contributed by atoms with van der Waals surface area (Å²) in [7, 11) is 1.54. The van der Waals surface area contributed by atoms with Crippen molar-refractivity contribution in [3.05, 3.63) is 70.6 Å². The van der Waals surface area contributed by atoms with Crippen LogP contribution in [0.1, 0.15) is 44.4 Å². The molecule has 2 heterocycles. The third-order valence-corrected chi connectivity index (χ3v) is 6.15. The minimum atomic E-state index is -1.11. The van der Waals surface area contributed by atoms with Crippen molar-refractivity contribution in [1.82, 2.24) is 9.88 Å². The highest BCUT2D eigenvalue weighted by Crippen LogP contribution is 2.26. The summed E-state index contributed by atoms with van der Waals surface area (Å²) >= 11 is 1.26. The van der Waals surface area contributed by atoms with E-state index in [1.807, 2.05) is 35.7 Å². The van der Waals surface area contributed by atoms with Gasteiger partial charge in [-0.25, -0.2) is 9.78 Å². The van der Waals surface area contributed by atoms with Gasteiger partial charge < -0.3 is 9.47 Å². The van der Waals surface area contributed by atoms with Crippen LogP contribution < -0.4 is 5.32 Å². The highest BCUT2D eigenvalue weighted by atomic mass is 32.1. The maximum Gasteiger partial charge on any atom is 0.338 e. The van der Waals surface area contributed by atoms with Crippen LogP contribution in [0, 0.1) is 0 Å². The molecule has 0 aliphatic carbocycles. The number of carbonyl (C=O) groups is 4. The zero-order valence-electron chi connectivity index (χ0n) is 19.1. The maximum absolute atomic E-state index is 12.7. The molecule has 4 rings (SSSR count). The molecule has 1 aromatic heterocycles. The van der Waals surface area contributed by atoms with Gasteiger partial charge in [0.25, 0.3) is 17.7 Å². The zero-order valence-corrected chi connectivity index (χ0v) is 20.0. The van der Waals surface area contributed by atoms with E-state index in [1.54, 1.807) is 7.11 Å². The Hall–Kier alpha value is -3.89. The molecular weight excluding hydrogens is 470 g/mol. The quantitative estimate of drug-likeness (QED) is 0.275. The van der Waals surface area contributed by atoms with E-state index in [1.165, 1.54) is 36.5 Å². The molecule has 1 aliphatic rings. The Morgan fingerprint density at radius 1 is 1.09 bits per heavy atom. The van der Waals surface area contributed by atoms with Crippen LogP contribution in [0.5, 0.6) is 0 Å². The topological polar surface area (TPSA) is 115 Å². The SMILES string of the molecule is COCCCN1C(=O)c2ccc(C(=O)OC(C)C(=O)Nc3nc(-c4ccccc4)cs3)cc2C1=O. The molecule has 0 spiro atoms. The summed E-state index contributed by atoms with van der Waals surface area (Å²) in [6, 6.07) is 13.7. The van der Waals surface area contributed by atoms with Gasteiger partial charge in [-0.3, -0.25) is 24.6 Å². The second-order valence-electron chi connectivity index (χ2n) is 7.81. The third kappa shape index (κ3) is 5.28. The van der Waals surface area contributed by atoms with Crippen molar-refractivity contribution in [2.75, 3.05) is 25.6 Å². The molecule has 0 saturated carbocycles. The number of carbonyl (C=O) groups excluding carboxylic acids is 4. The van der Waals surface area contributed by atoms with Crippen molar-refractivity contribution >= 4 is 40.2 Å². The molecule has 180 valence electrons. The van der Waals surface area contributed by atoms with Crippen molar-refractivity contribution in [2.24, 2.45) is 0 Å². The number of anilines is 1. The van der Waals surface area contributed by atoms with E-state index in [0.717, 1.165) is 16.2 Å². The van der Waals surface area contributed by atoms with Gasteiger partial charge in [-0.2, -0.15) is 0 Å². The lowest BCUT2D eigenvalue weighted by Gasteiger charge is -2.13. The fourth-order valence-electron chi connectivity index (χ4n) is 3.55. The van der Waals surface area contributed by atoms with Gasteiger partial charge in [0.1, 0.15) is 0 Å². The first-order chi connectivity index (χ1) is 16.9. The summed E-state index contributed by atoms with van der Waals surface area (Å²) in [5.74, 6) is -2.20. The van der Waals surface area contributed by atoms with Crippen LogP contribution in [-0.2, 0) is 14.3 Å². The standard InChI is InChI=1S/C25H23N3O6S/c1-15(21(29)27-25-26-20(14-35-25)16-7-4-3-5-8-16)34-24(32)17-9-10-18-19(13-17)23(31)28(22(18)30)11-6-12-33-2/h3-5,7-10,13-15H,6,11-12H2,1-2H3,(H,26,27,29). The lowest BCUT2D eigenvalue weighted by Crippen LogP contribution is -2.31. The third-order valence-electron chi connectivity index (χ3n) is 5.39. The van der Waals surface area contributed by atoms with Gasteiger partial charge in [0.2, 0.25) is 0 Å². The van der Waals surface area contributed by atoms with Crippen molar-refractivity contribution in [3.63, 3.8) is 0 Å². The average molecular weight is 494 g/mol. The lowest BCUT2D eigenvalue weighted by molar-refractivity contribution is -0.123. The number of amides is 3. The maximum atomic E-state index is 12.7. The molecule has 0 bridgehead atoms. The van der Waals surface area contributed by atoms with E-state index in [2.05, 4.69) is 10.3 Å². The zero-order chi connectivity index (χ0) is 24.9. The minimum Gasteiger partial charge on any atom is -0.449 e. The van der Waals surface area contributed by atoms with Crippen molar-refractivity contribution in [1.29, 1.82) is 0 Å². The molecule has 35 heavy (non-hydrogen) atoms. The first-order valence-electron chi connectivity index (χ1n) is 10.9. The highest BCUT2D eigenvalue weighted by Gasteiger charge is 2.36. The summed E-state index contributed by atoms with van der Waals surface area (Å²) in [6.45, 7) is 2.08. The van der Waals surface area contributed by atoms with Crippen LogP contribution in [-0.4, -0.2) is 59.9 Å². The van der Waals surface area contributed by atoms with Crippen LogP contribution in [0.2, 0.25) is 0 Å². The van der Waals surface area contributed by atoms with E-state index in [4.69, 9.17) is 9.47 Å². The van der Waals surface area contributed by atoms with Gasteiger partial charge >= 0.3 is 5.97 Å². The Balaban J connectivity index is 1.38. The van der Waals surface area contributed by atoms with Gasteiger partial charge in [0.15, 0.2) is 11.2 Å². The van der Waals surface area contributed by atoms with Gasteiger partial charge in [-0.05, 0) is 31.5 Å². The monoisotopic (exact) mass is 493 g/mol. The Morgan fingerprint density at radius 2 is 1.83 bits per heavy atom. The summed E-state index contributed by atoms with van der Waals surface area (Å²) in [5, 5.41) is 4.85. The number of ether oxygens (including phenoxy) is 2. The molecule has 0 saturated heterocycles. The number of imide groups is 1. The van der Waals surface area contributed by atoms with Crippen molar-refractivity contribution in [2.45, 2.75) is 19.4 Å². The van der Waals surface area contributed by atoms with Crippen LogP contribution in [0.4, 0.5) is 5.13 Å². The smallest absolute Gasteiger partial charge is 0.338 e. The normalized spacial score (nSPS) is 13.5. The van der Waals surface area contributed by atoms with Gasteiger partial charge in [0, 0.05) is 31.2 Å². The molecule has 2 aromatic carbocycles. The molecule has 10 heteroatoms. The minimum absolute atomic E-state index is 0.0731. The van der Waals surface area contributed by atoms with Crippen LogP contribution in [0.25, 0.3) is 11.3 Å². The predicted molar refractivity (Wildman–Crippen MR) is 129 cm³/mol. The van der Waals surface area contributed by atoms with Crippen LogP contribution in [0.15, 0.2) is 53.9 Å². The van der Waals surface area contributed by atoms with Crippen LogP contribution >= 0.6 is 11.3 Å². The molecule has 9 nitrogen and oxygen atoms in total. The van der Waals surface area contributed by atoms with Gasteiger partial charge in [0.05, 0.1) is 22.4 Å². The number of fused-ring (bicyclic) bond motifs is 1. The van der Waals surface area contributed by atoms with E-state index in [-0.39, 0.29) is 23.2 Å². The number of hydrogen-bond acceptors (Lipinski definition) is 8. The van der Waals surface area contributed by atoms with Gasteiger partial charge in [-0.1, -0.05) is 30.3 Å². The van der Waals surface area contributed by atoms with Gasteiger partial charge in [-0.15, -0.1) is 11.3 Å². The molecule has 1 N–H and O–H groups in total. The van der Waals surface area contributed by atoms with E-state index < -0.39 is 29.8 Å².